The maximum atomic E-state index is 13.3. The number of nitrogens with zero attached hydrogens (tertiary/aromatic N) is 2. The molecule has 154 valence electrons. The zero-order chi connectivity index (χ0) is 21.1. The number of carbonyl (C=O) groups is 2. The van der Waals surface area contributed by atoms with Gasteiger partial charge in [-0.3, -0.25) is 9.59 Å². The predicted octanol–water partition coefficient (Wildman–Crippen LogP) is 4.58. The van der Waals surface area contributed by atoms with Gasteiger partial charge in [0.25, 0.3) is 0 Å². The molecule has 1 N–H and O–H groups in total. The summed E-state index contributed by atoms with van der Waals surface area (Å²) in [5.74, 6) is 0.0593. The normalized spacial score (nSPS) is 18.9. The van der Waals surface area contributed by atoms with E-state index in [0.717, 1.165) is 16.8 Å². The van der Waals surface area contributed by atoms with Gasteiger partial charge in [0.1, 0.15) is 5.75 Å². The number of thiazole rings is 1. The molecular formula is C23H23N3O3S. The molecule has 0 spiro atoms. The highest BCUT2D eigenvalue weighted by molar-refractivity contribution is 7.13. The van der Waals surface area contributed by atoms with Crippen molar-refractivity contribution in [1.29, 1.82) is 0 Å². The molecule has 7 heteroatoms. The summed E-state index contributed by atoms with van der Waals surface area (Å²) in [6.45, 7) is 2.00. The number of hydrogen-bond acceptors (Lipinski definition) is 5. The monoisotopic (exact) mass is 421 g/mol. The Balaban J connectivity index is 1.79. The second-order valence-electron chi connectivity index (χ2n) is 7.26. The SMILES string of the molecule is COc1ccccc1[C@@H]1[C@@H](C(=O)Nc2nccs2)CCC(=O)N1c1ccc(C)cc1. The molecule has 0 saturated carbocycles. The van der Waals surface area contributed by atoms with Crippen LogP contribution in [0.3, 0.4) is 0 Å². The van der Waals surface area contributed by atoms with Gasteiger partial charge >= 0.3 is 0 Å². The van der Waals surface area contributed by atoms with E-state index < -0.39 is 12.0 Å². The number of aromatic nitrogens is 1. The van der Waals surface area contributed by atoms with Gasteiger partial charge in [0, 0.05) is 29.2 Å². The third-order valence-corrected chi connectivity index (χ3v) is 6.05. The highest BCUT2D eigenvalue weighted by atomic mass is 32.1. The van der Waals surface area contributed by atoms with Gasteiger partial charge in [-0.15, -0.1) is 11.3 Å². The summed E-state index contributed by atoms with van der Waals surface area (Å²) in [6.07, 6.45) is 2.41. The molecule has 1 aliphatic heterocycles. The Hall–Kier alpha value is -3.19. The van der Waals surface area contributed by atoms with Crippen LogP contribution in [0.25, 0.3) is 0 Å². The number of anilines is 2. The van der Waals surface area contributed by atoms with Gasteiger partial charge in [-0.1, -0.05) is 35.9 Å². The second kappa shape index (κ2) is 8.67. The molecule has 1 aliphatic rings. The van der Waals surface area contributed by atoms with E-state index >= 15 is 0 Å². The topological polar surface area (TPSA) is 71.5 Å². The smallest absolute Gasteiger partial charge is 0.231 e. The summed E-state index contributed by atoms with van der Waals surface area (Å²) in [6, 6.07) is 14.9. The number of benzene rings is 2. The summed E-state index contributed by atoms with van der Waals surface area (Å²) >= 11 is 1.37. The van der Waals surface area contributed by atoms with Gasteiger partial charge in [-0.2, -0.15) is 0 Å². The van der Waals surface area contributed by atoms with Gasteiger partial charge in [-0.05, 0) is 31.5 Å². The Morgan fingerprint density at radius 2 is 1.97 bits per heavy atom. The Labute approximate surface area is 179 Å². The zero-order valence-electron chi connectivity index (χ0n) is 16.9. The molecular weight excluding hydrogens is 398 g/mol. The molecule has 2 aromatic carbocycles. The van der Waals surface area contributed by atoms with Gasteiger partial charge < -0.3 is 15.0 Å². The first kappa shape index (κ1) is 20.1. The van der Waals surface area contributed by atoms with Crippen molar-refractivity contribution in [2.75, 3.05) is 17.3 Å². The molecule has 4 rings (SSSR count). The van der Waals surface area contributed by atoms with Crippen LogP contribution < -0.4 is 15.0 Å². The second-order valence-corrected chi connectivity index (χ2v) is 8.15. The van der Waals surface area contributed by atoms with E-state index in [2.05, 4.69) is 10.3 Å². The molecule has 2 atom stereocenters. The lowest BCUT2D eigenvalue weighted by molar-refractivity contribution is -0.125. The molecule has 0 bridgehead atoms. The standard InChI is InChI=1S/C23H23N3O3S/c1-15-7-9-16(10-8-15)26-20(27)12-11-18(22(28)25-23-24-13-14-30-23)21(26)17-5-3-4-6-19(17)29-2/h3-10,13-14,18,21H,11-12H2,1-2H3,(H,24,25,28)/t18-,21+/m0/s1. The van der Waals surface area contributed by atoms with Crippen molar-refractivity contribution in [1.82, 2.24) is 4.98 Å². The summed E-state index contributed by atoms with van der Waals surface area (Å²) in [4.78, 5) is 32.3. The number of piperidine rings is 1. The summed E-state index contributed by atoms with van der Waals surface area (Å²) < 4.78 is 5.59. The summed E-state index contributed by atoms with van der Waals surface area (Å²) in [5.41, 5.74) is 2.69. The number of nitrogens with one attached hydrogen (secondary N) is 1. The van der Waals surface area contributed by atoms with E-state index in [4.69, 9.17) is 4.74 Å². The number of para-hydroxylation sites is 1. The number of aryl methyl sites for hydroxylation is 1. The van der Waals surface area contributed by atoms with Crippen LogP contribution in [-0.4, -0.2) is 23.9 Å². The van der Waals surface area contributed by atoms with E-state index in [-0.39, 0.29) is 11.8 Å². The zero-order valence-corrected chi connectivity index (χ0v) is 17.7. The molecule has 1 aromatic heterocycles. The Morgan fingerprint density at radius 3 is 2.67 bits per heavy atom. The fraction of sp³-hybridized carbons (Fsp3) is 0.261. The van der Waals surface area contributed by atoms with Crippen LogP contribution in [0, 0.1) is 12.8 Å². The number of rotatable bonds is 5. The lowest BCUT2D eigenvalue weighted by atomic mass is 9.82. The predicted molar refractivity (Wildman–Crippen MR) is 118 cm³/mol. The van der Waals surface area contributed by atoms with Crippen LogP contribution in [0.4, 0.5) is 10.8 Å². The first-order valence-electron chi connectivity index (χ1n) is 9.80. The fourth-order valence-electron chi connectivity index (χ4n) is 3.93. The van der Waals surface area contributed by atoms with E-state index in [1.165, 1.54) is 11.3 Å². The van der Waals surface area contributed by atoms with Crippen molar-refractivity contribution in [3.05, 3.63) is 71.2 Å². The van der Waals surface area contributed by atoms with Gasteiger partial charge in [0.05, 0.1) is 19.1 Å². The lowest BCUT2D eigenvalue weighted by Crippen LogP contribution is -2.47. The first-order chi connectivity index (χ1) is 14.6. The average molecular weight is 422 g/mol. The first-order valence-corrected chi connectivity index (χ1v) is 10.7. The van der Waals surface area contributed by atoms with Crippen LogP contribution >= 0.6 is 11.3 Å². The molecule has 0 unspecified atom stereocenters. The molecule has 30 heavy (non-hydrogen) atoms. The third-order valence-electron chi connectivity index (χ3n) is 5.37. The van der Waals surface area contributed by atoms with Crippen LogP contribution in [0.5, 0.6) is 5.75 Å². The Bertz CT molecular complexity index is 1030. The summed E-state index contributed by atoms with van der Waals surface area (Å²) in [7, 11) is 1.60. The molecule has 2 amide bonds. The molecule has 3 aromatic rings. The molecule has 1 fully saturated rings. The van der Waals surface area contributed by atoms with Crippen molar-refractivity contribution in [2.45, 2.75) is 25.8 Å². The molecule has 0 radical (unpaired) electrons. The largest absolute Gasteiger partial charge is 0.496 e. The van der Waals surface area contributed by atoms with Crippen molar-refractivity contribution >= 4 is 34.0 Å². The number of hydrogen-bond donors (Lipinski definition) is 1. The minimum absolute atomic E-state index is 0.00643. The molecule has 2 heterocycles. The number of ether oxygens (including phenoxy) is 1. The van der Waals surface area contributed by atoms with Crippen LogP contribution in [0.2, 0.25) is 0 Å². The van der Waals surface area contributed by atoms with Gasteiger partial charge in [-0.25, -0.2) is 4.98 Å². The summed E-state index contributed by atoms with van der Waals surface area (Å²) in [5, 5.41) is 5.28. The maximum absolute atomic E-state index is 13.3. The lowest BCUT2D eigenvalue weighted by Gasteiger charge is -2.41. The Morgan fingerprint density at radius 1 is 1.20 bits per heavy atom. The average Bonchev–Trinajstić information content (AvgIpc) is 3.27. The van der Waals surface area contributed by atoms with Crippen LogP contribution in [0.15, 0.2) is 60.1 Å². The minimum Gasteiger partial charge on any atom is -0.496 e. The van der Waals surface area contributed by atoms with E-state index in [9.17, 15) is 9.59 Å². The third kappa shape index (κ3) is 3.93. The van der Waals surface area contributed by atoms with Crippen molar-refractivity contribution in [2.24, 2.45) is 5.92 Å². The van der Waals surface area contributed by atoms with E-state index in [1.54, 1.807) is 18.2 Å². The quantitative estimate of drug-likeness (QED) is 0.654. The number of methoxy groups -OCH3 is 1. The van der Waals surface area contributed by atoms with E-state index in [1.807, 2.05) is 60.8 Å². The number of carbonyl (C=O) groups excluding carboxylic acids is 2. The van der Waals surface area contributed by atoms with Crippen LogP contribution in [-0.2, 0) is 9.59 Å². The highest BCUT2D eigenvalue weighted by Gasteiger charge is 2.42. The molecule has 1 saturated heterocycles. The fourth-order valence-corrected chi connectivity index (χ4v) is 4.46. The van der Waals surface area contributed by atoms with Crippen molar-refractivity contribution < 1.29 is 14.3 Å². The molecule has 0 aliphatic carbocycles. The van der Waals surface area contributed by atoms with Crippen molar-refractivity contribution in [3.63, 3.8) is 0 Å². The molecule has 6 nitrogen and oxygen atoms in total. The number of amides is 2. The maximum Gasteiger partial charge on any atom is 0.231 e. The highest BCUT2D eigenvalue weighted by Crippen LogP contribution is 2.43. The van der Waals surface area contributed by atoms with Gasteiger partial charge in [0.15, 0.2) is 5.13 Å². The van der Waals surface area contributed by atoms with Crippen molar-refractivity contribution in [3.8, 4) is 5.75 Å². The van der Waals surface area contributed by atoms with E-state index in [0.29, 0.717) is 23.7 Å². The minimum atomic E-state index is -0.481. The van der Waals surface area contributed by atoms with Crippen LogP contribution in [0.1, 0.15) is 30.0 Å². The Kier molecular flexibility index (Phi) is 5.81. The van der Waals surface area contributed by atoms with Gasteiger partial charge in [0.2, 0.25) is 11.8 Å².